The van der Waals surface area contributed by atoms with Crippen LogP contribution in [0.15, 0.2) is 71.6 Å². The number of pyridine rings is 2. The van der Waals surface area contributed by atoms with Crippen molar-refractivity contribution >= 4 is 23.4 Å². The Morgan fingerprint density at radius 1 is 1.05 bits per heavy atom. The quantitative estimate of drug-likeness (QED) is 0.422. The molecule has 2 aliphatic rings. The number of nitrogens with zero attached hydrogens (tertiary/aromatic N) is 5. The zero-order valence-corrected chi connectivity index (χ0v) is 19.1. The number of carbonyl (C=O) groups excluding carboxylic acids is 1. The third kappa shape index (κ3) is 4.14. The molecule has 9 nitrogen and oxygen atoms in total. The highest BCUT2D eigenvalue weighted by atomic mass is 19.4. The van der Waals surface area contributed by atoms with Crippen molar-refractivity contribution in [1.82, 2.24) is 15.0 Å². The molecule has 2 bridgehead atoms. The number of hydrogen-bond donors (Lipinski definition) is 2. The van der Waals surface area contributed by atoms with Gasteiger partial charge in [0.1, 0.15) is 11.5 Å². The van der Waals surface area contributed by atoms with Crippen molar-refractivity contribution in [1.29, 1.82) is 0 Å². The first-order chi connectivity index (χ1) is 17.8. The molecule has 1 aromatic carbocycles. The zero-order valence-electron chi connectivity index (χ0n) is 19.1. The van der Waals surface area contributed by atoms with Crippen molar-refractivity contribution in [3.8, 4) is 22.7 Å². The van der Waals surface area contributed by atoms with E-state index in [9.17, 15) is 23.1 Å². The lowest BCUT2D eigenvalue weighted by Crippen LogP contribution is -2.51. The Morgan fingerprint density at radius 3 is 2.68 bits per heavy atom. The van der Waals surface area contributed by atoms with E-state index in [2.05, 4.69) is 20.3 Å². The molecule has 1 fully saturated rings. The first kappa shape index (κ1) is 23.0. The highest BCUT2D eigenvalue weighted by Gasteiger charge is 2.45. The van der Waals surface area contributed by atoms with E-state index in [4.69, 9.17) is 4.42 Å². The second-order valence-electron chi connectivity index (χ2n) is 8.73. The fourth-order valence-corrected chi connectivity index (χ4v) is 4.66. The lowest BCUT2D eigenvalue weighted by atomic mass is 10.1. The van der Waals surface area contributed by atoms with Gasteiger partial charge in [-0.25, -0.2) is 19.7 Å². The average molecular weight is 508 g/mol. The molecule has 3 aromatic heterocycles. The maximum absolute atomic E-state index is 13.5. The first-order valence-corrected chi connectivity index (χ1v) is 11.4. The molecule has 2 aliphatic heterocycles. The molecule has 5 heterocycles. The standard InChI is InChI=1S/C25H19F3N6O3/c26-25(27,28)15-4-1-3-14(9-15)16-7-8-18-23(31-16)34(19-11-33(18)12-20(19)35)24(36)32-22-6-2-5-17(30-22)21-10-29-13-37-21/h1-10,13,19-20,35H,11-12H2,(H,30,32,36)/t19-,20+/m0/s1. The number of alkyl halides is 3. The van der Waals surface area contributed by atoms with Crippen LogP contribution in [0.3, 0.4) is 0 Å². The van der Waals surface area contributed by atoms with Crippen LogP contribution in [-0.4, -0.2) is 51.3 Å². The Kier molecular flexibility index (Phi) is 5.33. The molecule has 0 unspecified atom stereocenters. The number of nitrogens with one attached hydrogen (secondary N) is 1. The smallest absolute Gasteiger partial charge is 0.416 e. The van der Waals surface area contributed by atoms with Gasteiger partial charge in [0.05, 0.1) is 35.3 Å². The summed E-state index contributed by atoms with van der Waals surface area (Å²) in [7, 11) is 0. The van der Waals surface area contributed by atoms with Gasteiger partial charge in [0.25, 0.3) is 0 Å². The number of anilines is 3. The summed E-state index contributed by atoms with van der Waals surface area (Å²) in [5.41, 5.74) is 0.794. The second kappa shape index (κ2) is 8.59. The molecule has 2 atom stereocenters. The lowest BCUT2D eigenvalue weighted by molar-refractivity contribution is -0.137. The Bertz CT molecular complexity index is 1480. The van der Waals surface area contributed by atoms with Crippen molar-refractivity contribution in [3.05, 3.63) is 72.8 Å². The molecule has 12 heteroatoms. The molecular formula is C25H19F3N6O3. The van der Waals surface area contributed by atoms with Gasteiger partial charge in [0.15, 0.2) is 18.0 Å². The fourth-order valence-electron chi connectivity index (χ4n) is 4.66. The Hall–Kier alpha value is -4.45. The van der Waals surface area contributed by atoms with Gasteiger partial charge < -0.3 is 14.4 Å². The van der Waals surface area contributed by atoms with Crippen LogP contribution < -0.4 is 15.1 Å². The molecule has 0 aliphatic carbocycles. The molecule has 0 spiro atoms. The number of hydrogen-bond acceptors (Lipinski definition) is 7. The number of oxazole rings is 1. The summed E-state index contributed by atoms with van der Waals surface area (Å²) in [6.07, 6.45) is -2.57. The minimum atomic E-state index is -4.50. The number of benzene rings is 1. The van der Waals surface area contributed by atoms with Crippen LogP contribution in [0.4, 0.5) is 35.3 Å². The lowest BCUT2D eigenvalue weighted by Gasteiger charge is -2.36. The summed E-state index contributed by atoms with van der Waals surface area (Å²) in [5, 5.41) is 13.4. The fraction of sp³-hybridized carbons (Fsp3) is 0.200. The topological polar surface area (TPSA) is 108 Å². The maximum Gasteiger partial charge on any atom is 0.416 e. The number of fused-ring (bicyclic) bond motifs is 4. The van der Waals surface area contributed by atoms with Crippen LogP contribution in [0.1, 0.15) is 5.56 Å². The molecule has 4 aromatic rings. The van der Waals surface area contributed by atoms with Crippen LogP contribution in [-0.2, 0) is 6.18 Å². The van der Waals surface area contributed by atoms with E-state index in [0.717, 1.165) is 12.1 Å². The monoisotopic (exact) mass is 508 g/mol. The first-order valence-electron chi connectivity index (χ1n) is 11.4. The minimum Gasteiger partial charge on any atom is -0.442 e. The predicted octanol–water partition coefficient (Wildman–Crippen LogP) is 4.42. The van der Waals surface area contributed by atoms with E-state index in [0.29, 0.717) is 30.2 Å². The number of aliphatic hydroxyl groups excluding tert-OH is 1. The number of aliphatic hydroxyl groups is 1. The number of amides is 2. The van der Waals surface area contributed by atoms with Gasteiger partial charge in [-0.2, -0.15) is 13.2 Å². The summed E-state index contributed by atoms with van der Waals surface area (Å²) in [6, 6.07) is 12.0. The van der Waals surface area contributed by atoms with E-state index in [1.54, 1.807) is 30.3 Å². The van der Waals surface area contributed by atoms with Crippen molar-refractivity contribution in [2.45, 2.75) is 18.3 Å². The van der Waals surface area contributed by atoms with Crippen LogP contribution in [0.25, 0.3) is 22.7 Å². The molecule has 0 saturated carbocycles. The zero-order chi connectivity index (χ0) is 25.7. The SMILES string of the molecule is O=C(Nc1cccc(-c2cnco2)n1)N1c2nc(-c3cccc(C(F)(F)F)c3)ccc2N2C[C@@H](O)[C@@H]1C2. The van der Waals surface area contributed by atoms with Crippen LogP contribution in [0.5, 0.6) is 0 Å². The molecule has 0 radical (unpaired) electrons. The van der Waals surface area contributed by atoms with E-state index < -0.39 is 29.9 Å². The van der Waals surface area contributed by atoms with Crippen LogP contribution in [0.2, 0.25) is 0 Å². The molecule has 37 heavy (non-hydrogen) atoms. The second-order valence-corrected chi connectivity index (χ2v) is 8.73. The largest absolute Gasteiger partial charge is 0.442 e. The number of halogens is 3. The average Bonchev–Trinajstić information content (AvgIpc) is 3.53. The molecule has 2 amide bonds. The van der Waals surface area contributed by atoms with E-state index in [1.807, 2.05) is 4.90 Å². The highest BCUT2D eigenvalue weighted by Crippen LogP contribution is 2.41. The van der Waals surface area contributed by atoms with Crippen molar-refractivity contribution < 1.29 is 27.5 Å². The van der Waals surface area contributed by atoms with Gasteiger partial charge in [-0.1, -0.05) is 18.2 Å². The highest BCUT2D eigenvalue weighted by molar-refractivity contribution is 6.04. The number of aromatic nitrogens is 3. The number of urea groups is 1. The van der Waals surface area contributed by atoms with E-state index in [-0.39, 0.29) is 22.9 Å². The van der Waals surface area contributed by atoms with Gasteiger partial charge in [-0.05, 0) is 36.4 Å². The van der Waals surface area contributed by atoms with Crippen molar-refractivity contribution in [2.24, 2.45) is 0 Å². The third-order valence-electron chi connectivity index (χ3n) is 6.39. The van der Waals surface area contributed by atoms with E-state index in [1.165, 1.54) is 29.6 Å². The molecule has 1 saturated heterocycles. The van der Waals surface area contributed by atoms with Crippen LogP contribution >= 0.6 is 0 Å². The number of rotatable bonds is 3. The summed E-state index contributed by atoms with van der Waals surface area (Å²) >= 11 is 0. The number of carbonyl (C=O) groups is 1. The van der Waals surface area contributed by atoms with Gasteiger partial charge in [-0.15, -0.1) is 0 Å². The summed E-state index contributed by atoms with van der Waals surface area (Å²) in [4.78, 5) is 29.6. The van der Waals surface area contributed by atoms with Gasteiger partial charge in [-0.3, -0.25) is 10.2 Å². The molecule has 188 valence electrons. The predicted molar refractivity (Wildman–Crippen MR) is 128 cm³/mol. The summed E-state index contributed by atoms with van der Waals surface area (Å²) in [5.74, 6) is 0.907. The van der Waals surface area contributed by atoms with Crippen molar-refractivity contribution in [2.75, 3.05) is 28.2 Å². The molecular weight excluding hydrogens is 489 g/mol. The van der Waals surface area contributed by atoms with Crippen LogP contribution in [0, 0.1) is 0 Å². The summed E-state index contributed by atoms with van der Waals surface area (Å²) < 4.78 is 45.1. The Labute approximate surface area is 208 Å². The Morgan fingerprint density at radius 2 is 1.89 bits per heavy atom. The Balaban J connectivity index is 1.36. The molecule has 6 rings (SSSR count). The van der Waals surface area contributed by atoms with Crippen molar-refractivity contribution in [3.63, 3.8) is 0 Å². The minimum absolute atomic E-state index is 0.240. The van der Waals surface area contributed by atoms with Gasteiger partial charge in [0.2, 0.25) is 0 Å². The normalized spacial score (nSPS) is 18.6. The summed E-state index contributed by atoms with van der Waals surface area (Å²) in [6.45, 7) is 0.683. The van der Waals surface area contributed by atoms with E-state index >= 15 is 0 Å². The molecule has 2 N–H and O–H groups in total. The maximum atomic E-state index is 13.5. The third-order valence-corrected chi connectivity index (χ3v) is 6.39. The van der Waals surface area contributed by atoms with Gasteiger partial charge in [0, 0.05) is 18.7 Å². The van der Waals surface area contributed by atoms with Gasteiger partial charge >= 0.3 is 12.2 Å².